The molecule has 14 heteroatoms. The highest BCUT2D eigenvalue weighted by atomic mass is 35.5. The molecule has 12 nitrogen and oxygen atoms in total. The van der Waals surface area contributed by atoms with E-state index in [0.717, 1.165) is 57.8 Å². The first kappa shape index (κ1) is 36.4. The molecule has 2 aromatic carbocycles. The van der Waals surface area contributed by atoms with Crippen LogP contribution in [0.5, 0.6) is 11.5 Å². The molecule has 0 bridgehead atoms. The number of unbranched alkanes of at least 4 members (excludes halogenated alkanes) is 2. The summed E-state index contributed by atoms with van der Waals surface area (Å²) in [5, 5.41) is 12.7. The molecule has 1 aromatic heterocycles. The van der Waals surface area contributed by atoms with Crippen LogP contribution in [0.25, 0.3) is 0 Å². The average Bonchev–Trinajstić information content (AvgIpc) is 3.34. The van der Waals surface area contributed by atoms with Gasteiger partial charge in [0.05, 0.1) is 28.3 Å². The van der Waals surface area contributed by atoms with Crippen LogP contribution in [0.15, 0.2) is 59.6 Å². The second kappa shape index (κ2) is 14.3. The molecular formula is C37H43ClN6O6S. The highest BCUT2D eigenvalue weighted by Crippen LogP contribution is 2.55. The Hall–Kier alpha value is -4.38. The fourth-order valence-corrected chi connectivity index (χ4v) is 9.16. The van der Waals surface area contributed by atoms with Gasteiger partial charge >= 0.3 is 0 Å². The van der Waals surface area contributed by atoms with E-state index in [1.54, 1.807) is 30.5 Å². The van der Waals surface area contributed by atoms with Crippen molar-refractivity contribution in [3.05, 3.63) is 76.4 Å². The van der Waals surface area contributed by atoms with Crippen LogP contribution in [-0.4, -0.2) is 81.6 Å². The van der Waals surface area contributed by atoms with Crippen molar-refractivity contribution in [1.82, 2.24) is 19.9 Å². The van der Waals surface area contributed by atoms with Crippen molar-refractivity contribution in [2.75, 3.05) is 44.2 Å². The van der Waals surface area contributed by atoms with Gasteiger partial charge in [-0.1, -0.05) is 39.3 Å². The average molecular weight is 735 g/mol. The number of fused-ring (bicyclic) bond motifs is 1. The van der Waals surface area contributed by atoms with Gasteiger partial charge < -0.3 is 19.7 Å². The summed E-state index contributed by atoms with van der Waals surface area (Å²) in [6.45, 7) is 13.3. The van der Waals surface area contributed by atoms with Crippen molar-refractivity contribution in [2.45, 2.75) is 64.0 Å². The monoisotopic (exact) mass is 734 g/mol. The van der Waals surface area contributed by atoms with E-state index in [-0.39, 0.29) is 39.3 Å². The third-order valence-corrected chi connectivity index (χ3v) is 11.9. The number of hydrogen-bond acceptors (Lipinski definition) is 10. The molecule has 0 unspecified atom stereocenters. The van der Waals surface area contributed by atoms with Crippen LogP contribution in [-0.2, 0) is 10.0 Å². The predicted octanol–water partition coefficient (Wildman–Crippen LogP) is 5.02. The van der Waals surface area contributed by atoms with Crippen LogP contribution in [0.4, 0.5) is 5.82 Å². The number of ether oxygens (including phenoxy) is 2. The molecule has 2 aliphatic heterocycles. The standard InChI is InChI=1S/C37H43ClN6O6S/c1-36(2)34(37(3,4)35(36)50-27-10-8-24(22-39)29(38)20-27)41-32(45)25-9-13-31(40-23-25)44-17-15-43(16-18-44)14-6-5-7-19-49-26-11-12-28-30(21-26)51(47,48)42-33(28)46/h8-13,20-21,23,34-35H,5-7,14-19H2,1-4H3,(H,41,45)(H,42,46)/t34-,35-. The summed E-state index contributed by atoms with van der Waals surface area (Å²) in [6.07, 6.45) is 4.29. The molecule has 1 saturated carbocycles. The van der Waals surface area contributed by atoms with Crippen molar-refractivity contribution >= 4 is 39.3 Å². The number of aromatic nitrogens is 1. The van der Waals surface area contributed by atoms with E-state index >= 15 is 0 Å². The molecule has 2 amide bonds. The zero-order chi connectivity index (χ0) is 36.6. The molecule has 2 N–H and O–H groups in total. The number of benzene rings is 2. The number of nitrogens with zero attached hydrogens (tertiary/aromatic N) is 4. The Bertz CT molecular complexity index is 1940. The second-order valence-electron chi connectivity index (χ2n) is 14.5. The Balaban J connectivity index is 0.910. The predicted molar refractivity (Wildman–Crippen MR) is 193 cm³/mol. The van der Waals surface area contributed by atoms with Gasteiger partial charge in [-0.05, 0) is 62.2 Å². The minimum atomic E-state index is -3.80. The lowest BCUT2D eigenvalue weighted by molar-refractivity contribution is -0.164. The van der Waals surface area contributed by atoms with Gasteiger partial charge in [-0.25, -0.2) is 18.1 Å². The van der Waals surface area contributed by atoms with Crippen molar-refractivity contribution in [2.24, 2.45) is 10.8 Å². The number of rotatable bonds is 12. The zero-order valence-corrected chi connectivity index (χ0v) is 30.8. The van der Waals surface area contributed by atoms with E-state index in [1.165, 1.54) is 12.1 Å². The number of anilines is 1. The molecule has 0 spiro atoms. The van der Waals surface area contributed by atoms with Crippen molar-refractivity contribution in [3.63, 3.8) is 0 Å². The van der Waals surface area contributed by atoms with E-state index in [2.05, 4.69) is 53.9 Å². The smallest absolute Gasteiger partial charge is 0.266 e. The maximum absolute atomic E-state index is 13.3. The Morgan fingerprint density at radius 3 is 2.41 bits per heavy atom. The molecule has 1 saturated heterocycles. The molecule has 270 valence electrons. The number of nitriles is 1. The Morgan fingerprint density at radius 2 is 1.75 bits per heavy atom. The maximum atomic E-state index is 13.3. The molecule has 3 aliphatic rings. The van der Waals surface area contributed by atoms with Crippen molar-refractivity contribution in [3.8, 4) is 17.6 Å². The van der Waals surface area contributed by atoms with Crippen LogP contribution in [0.3, 0.4) is 0 Å². The number of sulfonamides is 1. The van der Waals surface area contributed by atoms with E-state index in [0.29, 0.717) is 34.3 Å². The Labute approximate surface area is 304 Å². The summed E-state index contributed by atoms with van der Waals surface area (Å²) in [7, 11) is -3.80. The van der Waals surface area contributed by atoms with Gasteiger partial charge in [0.15, 0.2) is 0 Å². The van der Waals surface area contributed by atoms with Gasteiger partial charge in [-0.2, -0.15) is 5.26 Å². The minimum absolute atomic E-state index is 0.0346. The first-order valence-corrected chi connectivity index (χ1v) is 19.0. The summed E-state index contributed by atoms with van der Waals surface area (Å²) >= 11 is 6.22. The number of carbonyl (C=O) groups excluding carboxylic acids is 2. The molecule has 6 rings (SSSR count). The summed E-state index contributed by atoms with van der Waals surface area (Å²) in [6, 6.07) is 15.2. The van der Waals surface area contributed by atoms with Gasteiger partial charge in [0.1, 0.15) is 34.4 Å². The Kier molecular flexibility index (Phi) is 10.2. The first-order chi connectivity index (χ1) is 24.2. The fourth-order valence-electron chi connectivity index (χ4n) is 7.76. The molecule has 3 heterocycles. The van der Waals surface area contributed by atoms with Crippen LogP contribution in [0.2, 0.25) is 5.02 Å². The topological polar surface area (TPSA) is 154 Å². The van der Waals surface area contributed by atoms with Gasteiger partial charge in [-0.15, -0.1) is 0 Å². The van der Waals surface area contributed by atoms with E-state index in [9.17, 15) is 23.3 Å². The van der Waals surface area contributed by atoms with Crippen molar-refractivity contribution < 1.29 is 27.5 Å². The quantitative estimate of drug-likeness (QED) is 0.243. The highest BCUT2D eigenvalue weighted by Gasteiger charge is 2.64. The molecule has 3 aromatic rings. The van der Waals surface area contributed by atoms with Crippen LogP contribution in [0, 0.1) is 22.2 Å². The SMILES string of the molecule is CC1(C)[C@H](NC(=O)c2ccc(N3CCN(CCCCCOc4ccc5c(c4)S(=O)(=O)NC5=O)CC3)nc2)C(C)(C)[C@H]1Oc1ccc(C#N)c(Cl)c1. The van der Waals surface area contributed by atoms with Gasteiger partial charge in [0.25, 0.3) is 21.8 Å². The first-order valence-electron chi connectivity index (χ1n) is 17.2. The molecule has 1 aliphatic carbocycles. The lowest BCUT2D eigenvalue weighted by atomic mass is 9.49. The lowest BCUT2D eigenvalue weighted by Gasteiger charge is -2.63. The van der Waals surface area contributed by atoms with Crippen molar-refractivity contribution in [1.29, 1.82) is 5.26 Å². The van der Waals surface area contributed by atoms with Crippen LogP contribution >= 0.6 is 11.6 Å². The van der Waals surface area contributed by atoms with Gasteiger partial charge in [0.2, 0.25) is 0 Å². The van der Waals surface area contributed by atoms with E-state index < -0.39 is 15.9 Å². The molecule has 51 heavy (non-hydrogen) atoms. The summed E-state index contributed by atoms with van der Waals surface area (Å²) < 4.78 is 38.2. The molecule has 0 radical (unpaired) electrons. The van der Waals surface area contributed by atoms with E-state index in [4.69, 9.17) is 21.1 Å². The molecule has 2 fully saturated rings. The second-order valence-corrected chi connectivity index (χ2v) is 16.6. The summed E-state index contributed by atoms with van der Waals surface area (Å²) in [4.78, 5) is 34.4. The highest BCUT2D eigenvalue weighted by molar-refractivity contribution is 7.90. The molecule has 0 atom stereocenters. The number of halogens is 1. The summed E-state index contributed by atoms with van der Waals surface area (Å²) in [5.74, 6) is 1.09. The third-order valence-electron chi connectivity index (χ3n) is 10.2. The van der Waals surface area contributed by atoms with Gasteiger partial charge in [-0.3, -0.25) is 14.5 Å². The minimum Gasteiger partial charge on any atom is -0.494 e. The number of hydrogen-bond donors (Lipinski definition) is 2. The number of carbonyl (C=O) groups is 2. The van der Waals surface area contributed by atoms with Crippen LogP contribution < -0.4 is 24.4 Å². The Morgan fingerprint density at radius 1 is 1.02 bits per heavy atom. The normalized spacial score (nSPS) is 21.5. The molecular weight excluding hydrogens is 692 g/mol. The lowest BCUT2D eigenvalue weighted by Crippen LogP contribution is -2.74. The van der Waals surface area contributed by atoms with E-state index in [1.807, 2.05) is 16.9 Å². The number of piperazine rings is 1. The maximum Gasteiger partial charge on any atom is 0.266 e. The van der Waals surface area contributed by atoms with Gasteiger partial charge in [0, 0.05) is 61.4 Å². The number of amides is 2. The number of nitrogens with one attached hydrogen (secondary N) is 2. The largest absolute Gasteiger partial charge is 0.494 e. The zero-order valence-electron chi connectivity index (χ0n) is 29.2. The van der Waals surface area contributed by atoms with Crippen LogP contribution in [0.1, 0.15) is 73.2 Å². The fraction of sp³-hybridized carbons (Fsp3) is 0.459. The summed E-state index contributed by atoms with van der Waals surface area (Å²) in [5.41, 5.74) is 0.316. The third kappa shape index (κ3) is 7.49. The number of pyridine rings is 1.